The van der Waals surface area contributed by atoms with Crippen LogP contribution in [-0.2, 0) is 28.6 Å². The van der Waals surface area contributed by atoms with Gasteiger partial charge in [0.2, 0.25) is 5.60 Å². The molecule has 0 aromatic heterocycles. The van der Waals surface area contributed by atoms with Gasteiger partial charge in [-0.15, -0.1) is 0 Å². The van der Waals surface area contributed by atoms with Gasteiger partial charge in [0.15, 0.2) is 6.61 Å². The molecule has 0 aliphatic rings. The van der Waals surface area contributed by atoms with E-state index in [0.717, 1.165) is 0 Å². The Hall–Kier alpha value is -1.85. The first-order valence-electron chi connectivity index (χ1n) is 4.93. The van der Waals surface area contributed by atoms with Crippen LogP contribution < -0.4 is 0 Å². The Morgan fingerprint density at radius 2 is 1.82 bits per heavy atom. The fraction of sp³-hybridized carbons (Fsp3) is 0.545. The van der Waals surface area contributed by atoms with Crippen LogP contribution in [0.1, 0.15) is 20.8 Å². The van der Waals surface area contributed by atoms with Crippen LogP contribution in [0.4, 0.5) is 0 Å². The lowest BCUT2D eigenvalue weighted by atomic mass is 10.1. The Balaban J connectivity index is 4.12. The second-order valence-electron chi connectivity index (χ2n) is 3.65. The Morgan fingerprint density at radius 1 is 1.24 bits per heavy atom. The summed E-state index contributed by atoms with van der Waals surface area (Å²) in [5.74, 6) is -2.12. The summed E-state index contributed by atoms with van der Waals surface area (Å²) >= 11 is 0. The van der Waals surface area contributed by atoms with Gasteiger partial charge < -0.3 is 14.2 Å². The zero-order chi connectivity index (χ0) is 13.5. The van der Waals surface area contributed by atoms with E-state index < -0.39 is 30.1 Å². The lowest BCUT2D eigenvalue weighted by molar-refractivity contribution is -0.180. The molecule has 96 valence electrons. The average molecular weight is 244 g/mol. The van der Waals surface area contributed by atoms with Gasteiger partial charge in [0.05, 0.1) is 0 Å². The monoisotopic (exact) mass is 244 g/mol. The van der Waals surface area contributed by atoms with E-state index in [1.807, 2.05) is 0 Å². The minimum absolute atomic E-state index is 0.0454. The van der Waals surface area contributed by atoms with Gasteiger partial charge in [-0.05, 0) is 13.8 Å². The summed E-state index contributed by atoms with van der Waals surface area (Å²) in [5, 5.41) is 0. The maximum atomic E-state index is 11.5. The van der Waals surface area contributed by atoms with Gasteiger partial charge in [-0.1, -0.05) is 12.7 Å². The molecule has 6 heteroatoms. The molecule has 0 bridgehead atoms. The quantitative estimate of drug-likeness (QED) is 0.387. The highest BCUT2D eigenvalue weighted by Crippen LogP contribution is 2.11. The molecule has 0 amide bonds. The molecule has 0 aromatic rings. The highest BCUT2D eigenvalue weighted by Gasteiger charge is 2.33. The van der Waals surface area contributed by atoms with E-state index in [9.17, 15) is 14.4 Å². The highest BCUT2D eigenvalue weighted by atomic mass is 16.6. The summed E-state index contributed by atoms with van der Waals surface area (Å²) in [5.41, 5.74) is -1.43. The van der Waals surface area contributed by atoms with Crippen molar-refractivity contribution in [1.82, 2.24) is 0 Å². The maximum absolute atomic E-state index is 11.5. The van der Waals surface area contributed by atoms with E-state index in [-0.39, 0.29) is 6.61 Å². The van der Waals surface area contributed by atoms with Crippen LogP contribution in [-0.4, -0.2) is 36.7 Å². The lowest BCUT2D eigenvalue weighted by Gasteiger charge is -2.21. The van der Waals surface area contributed by atoms with E-state index >= 15 is 0 Å². The molecule has 17 heavy (non-hydrogen) atoms. The van der Waals surface area contributed by atoms with Crippen molar-refractivity contribution in [2.75, 3.05) is 13.2 Å². The Bertz CT molecular complexity index is 318. The second-order valence-corrected chi connectivity index (χ2v) is 3.65. The molecule has 0 aliphatic carbocycles. The summed E-state index contributed by atoms with van der Waals surface area (Å²) in [6.07, 6.45) is 1.39. The van der Waals surface area contributed by atoms with Crippen molar-refractivity contribution < 1.29 is 28.6 Å². The molecule has 0 radical (unpaired) electrons. The van der Waals surface area contributed by atoms with E-state index in [1.165, 1.54) is 26.8 Å². The molecular formula is C11H16O6. The number of esters is 3. The highest BCUT2D eigenvalue weighted by molar-refractivity contribution is 5.84. The SMILES string of the molecule is C=CCOC(=O)COC(=O)C(C)(C)OC(C)=O. The lowest BCUT2D eigenvalue weighted by Crippen LogP contribution is -2.39. The van der Waals surface area contributed by atoms with Gasteiger partial charge >= 0.3 is 17.9 Å². The van der Waals surface area contributed by atoms with Gasteiger partial charge in [-0.3, -0.25) is 4.79 Å². The van der Waals surface area contributed by atoms with Crippen molar-refractivity contribution in [2.45, 2.75) is 26.4 Å². The molecule has 0 unspecified atom stereocenters. The van der Waals surface area contributed by atoms with E-state index in [4.69, 9.17) is 4.74 Å². The molecule has 0 N–H and O–H groups in total. The van der Waals surface area contributed by atoms with Gasteiger partial charge in [-0.25, -0.2) is 9.59 Å². The molecule has 0 spiro atoms. The van der Waals surface area contributed by atoms with Gasteiger partial charge in [-0.2, -0.15) is 0 Å². The fourth-order valence-electron chi connectivity index (χ4n) is 0.893. The standard InChI is InChI=1S/C11H16O6/c1-5-6-15-9(13)7-16-10(14)11(3,4)17-8(2)12/h5H,1,6-7H2,2-4H3. The molecular weight excluding hydrogens is 228 g/mol. The van der Waals surface area contributed by atoms with Gasteiger partial charge in [0.1, 0.15) is 6.61 Å². The first-order valence-corrected chi connectivity index (χ1v) is 4.93. The molecule has 0 aliphatic heterocycles. The summed E-state index contributed by atoms with van der Waals surface area (Å²) in [6, 6.07) is 0. The molecule has 6 nitrogen and oxygen atoms in total. The van der Waals surface area contributed by atoms with Gasteiger partial charge in [0.25, 0.3) is 0 Å². The smallest absolute Gasteiger partial charge is 0.350 e. The van der Waals surface area contributed by atoms with Crippen LogP contribution in [0.3, 0.4) is 0 Å². The normalized spacial score (nSPS) is 10.3. The summed E-state index contributed by atoms with van der Waals surface area (Å²) < 4.78 is 14.0. The zero-order valence-electron chi connectivity index (χ0n) is 10.1. The number of ether oxygens (including phenoxy) is 3. The van der Waals surface area contributed by atoms with Crippen molar-refractivity contribution >= 4 is 17.9 Å². The van der Waals surface area contributed by atoms with Crippen molar-refractivity contribution in [3.8, 4) is 0 Å². The fourth-order valence-corrected chi connectivity index (χ4v) is 0.893. The van der Waals surface area contributed by atoms with Crippen molar-refractivity contribution in [2.24, 2.45) is 0 Å². The molecule has 0 rings (SSSR count). The van der Waals surface area contributed by atoms with Crippen LogP contribution in [0.5, 0.6) is 0 Å². The van der Waals surface area contributed by atoms with Crippen molar-refractivity contribution in [1.29, 1.82) is 0 Å². The number of rotatable bonds is 6. The number of carbonyl (C=O) groups excluding carboxylic acids is 3. The van der Waals surface area contributed by atoms with Crippen LogP contribution in [0.15, 0.2) is 12.7 Å². The van der Waals surface area contributed by atoms with Crippen molar-refractivity contribution in [3.05, 3.63) is 12.7 Å². The summed E-state index contributed by atoms with van der Waals surface area (Å²) in [6.45, 7) is 6.78. The van der Waals surface area contributed by atoms with Crippen LogP contribution in [0.2, 0.25) is 0 Å². The molecule has 0 aromatic carbocycles. The van der Waals surface area contributed by atoms with E-state index in [0.29, 0.717) is 0 Å². The molecule has 0 atom stereocenters. The number of hydrogen-bond acceptors (Lipinski definition) is 6. The minimum atomic E-state index is -1.43. The average Bonchev–Trinajstić information content (AvgIpc) is 2.20. The first-order chi connectivity index (χ1) is 7.79. The Kier molecular flexibility index (Phi) is 5.95. The third kappa shape index (κ3) is 6.34. The number of carbonyl (C=O) groups is 3. The Morgan fingerprint density at radius 3 is 2.29 bits per heavy atom. The maximum Gasteiger partial charge on any atom is 0.350 e. The number of hydrogen-bond donors (Lipinski definition) is 0. The van der Waals surface area contributed by atoms with Crippen LogP contribution in [0.25, 0.3) is 0 Å². The summed E-state index contributed by atoms with van der Waals surface area (Å²) in [4.78, 5) is 33.2. The minimum Gasteiger partial charge on any atom is -0.459 e. The van der Waals surface area contributed by atoms with Crippen LogP contribution >= 0.6 is 0 Å². The predicted octanol–water partition coefficient (Wildman–Crippen LogP) is 0.600. The van der Waals surface area contributed by atoms with E-state index in [2.05, 4.69) is 16.1 Å². The van der Waals surface area contributed by atoms with Crippen molar-refractivity contribution in [3.63, 3.8) is 0 Å². The van der Waals surface area contributed by atoms with Crippen LogP contribution in [0, 0.1) is 0 Å². The molecule has 0 saturated heterocycles. The zero-order valence-corrected chi connectivity index (χ0v) is 10.1. The first kappa shape index (κ1) is 15.2. The molecule has 0 heterocycles. The topological polar surface area (TPSA) is 78.9 Å². The molecule has 0 saturated carbocycles. The third-order valence-electron chi connectivity index (χ3n) is 1.57. The largest absolute Gasteiger partial charge is 0.459 e. The van der Waals surface area contributed by atoms with E-state index in [1.54, 1.807) is 0 Å². The second kappa shape index (κ2) is 6.67. The summed E-state index contributed by atoms with van der Waals surface area (Å²) in [7, 11) is 0. The molecule has 0 fully saturated rings. The third-order valence-corrected chi connectivity index (χ3v) is 1.57. The predicted molar refractivity (Wildman–Crippen MR) is 58.0 cm³/mol. The van der Waals surface area contributed by atoms with Gasteiger partial charge in [0, 0.05) is 6.92 Å². The Labute approximate surface area is 99.5 Å².